The Morgan fingerprint density at radius 2 is 1.18 bits per heavy atom. The van der Waals surface area contributed by atoms with E-state index in [9.17, 15) is 9.59 Å². The first-order chi connectivity index (χ1) is 4.13. The molecule has 0 amide bonds. The number of rotatable bonds is 4. The zero-order valence-electron chi connectivity index (χ0n) is 6.83. The molecule has 0 bridgehead atoms. The molecule has 11 heavy (non-hydrogen) atoms. The van der Waals surface area contributed by atoms with Gasteiger partial charge < -0.3 is 10.2 Å². The van der Waals surface area contributed by atoms with Gasteiger partial charge in [-0.05, 0) is 6.42 Å². The minimum atomic E-state index is -0.948. The van der Waals surface area contributed by atoms with Gasteiger partial charge in [0, 0.05) is 116 Å². The van der Waals surface area contributed by atoms with Crippen molar-refractivity contribution in [2.75, 3.05) is 0 Å². The summed E-state index contributed by atoms with van der Waals surface area (Å²) in [6, 6.07) is 0. The van der Waals surface area contributed by atoms with E-state index in [1.165, 1.54) is 0 Å². The number of hydrogen-bond acceptors (Lipinski definition) is 2. The number of hydrogen-bond donors (Lipinski definition) is 2. The molecule has 0 aromatic rings. The normalized spacial score (nSPS) is 7.27. The summed E-state index contributed by atoms with van der Waals surface area (Å²) in [6.07, 6.45) is 0.0866. The molecule has 0 aliphatic carbocycles. The van der Waals surface area contributed by atoms with Crippen molar-refractivity contribution in [3.05, 3.63) is 0 Å². The molecule has 0 aromatic heterocycles. The topological polar surface area (TPSA) is 74.6 Å². The second kappa shape index (κ2) is 12.2. The van der Waals surface area contributed by atoms with Gasteiger partial charge >= 0.3 is 11.9 Å². The van der Waals surface area contributed by atoms with Gasteiger partial charge in [-0.25, -0.2) is 0 Å². The van der Waals surface area contributed by atoms with E-state index in [0.29, 0.717) is 0 Å². The first-order valence-corrected chi connectivity index (χ1v) is 2.56. The quantitative estimate of drug-likeness (QED) is 0.617. The molecule has 0 aliphatic rings. The van der Waals surface area contributed by atoms with Crippen molar-refractivity contribution < 1.29 is 19.8 Å². The van der Waals surface area contributed by atoms with Crippen molar-refractivity contribution in [3.63, 3.8) is 0 Å². The van der Waals surface area contributed by atoms with E-state index in [1.54, 1.807) is 0 Å². The van der Waals surface area contributed by atoms with Crippen LogP contribution in [0, 0.1) is 0 Å². The van der Waals surface area contributed by atoms with Crippen LogP contribution < -0.4 is 0 Å². The average Bonchev–Trinajstić information content (AvgIpc) is 1.63. The molecule has 4 nitrogen and oxygen atoms in total. The number of carboxylic acid groups (broad SMARTS) is 2. The summed E-state index contributed by atoms with van der Waals surface area (Å²) in [4.78, 5) is 19.6. The number of aliphatic carboxylic acids is 2. The first-order valence-electron chi connectivity index (χ1n) is 2.56. The molecule has 0 spiro atoms. The number of carbonyl (C=O) groups is 2. The Hall–Kier alpha value is 2.21. The van der Waals surface area contributed by atoms with Crippen molar-refractivity contribution in [2.45, 2.75) is 19.3 Å². The van der Waals surface area contributed by atoms with Crippen molar-refractivity contribution in [1.29, 1.82) is 0 Å². The molecule has 2 radical (unpaired) electrons. The maximum absolute atomic E-state index is 9.79. The van der Waals surface area contributed by atoms with E-state index in [2.05, 4.69) is 0 Å². The Morgan fingerprint density at radius 3 is 1.36 bits per heavy atom. The van der Waals surface area contributed by atoms with Crippen LogP contribution in [0.15, 0.2) is 0 Å². The van der Waals surface area contributed by atoms with Gasteiger partial charge in [-0.2, -0.15) is 0 Å². The smallest absolute Gasteiger partial charge is 0.303 e. The first kappa shape index (κ1) is 18.9. The fraction of sp³-hybridized carbons (Fsp3) is 0.600. The SMILES string of the molecule is O=C(O)CCCC(=O)O.[K].[K]. The van der Waals surface area contributed by atoms with Gasteiger partial charge in [0.1, 0.15) is 0 Å². The third-order valence-electron chi connectivity index (χ3n) is 0.781. The molecule has 0 fully saturated rings. The summed E-state index contributed by atoms with van der Waals surface area (Å²) in [5.74, 6) is -1.90. The minimum absolute atomic E-state index is 0. The third-order valence-corrected chi connectivity index (χ3v) is 0.781. The van der Waals surface area contributed by atoms with E-state index in [0.717, 1.165) is 0 Å². The largest absolute Gasteiger partial charge is 0.481 e. The van der Waals surface area contributed by atoms with Gasteiger partial charge in [0.15, 0.2) is 0 Å². The molecule has 0 aliphatic heterocycles. The Bertz CT molecular complexity index is 112. The Labute approximate surface area is 150 Å². The molecule has 0 saturated heterocycles. The zero-order chi connectivity index (χ0) is 7.28. The molecule has 54 valence electrons. The van der Waals surface area contributed by atoms with Crippen LogP contribution in [0.25, 0.3) is 0 Å². The van der Waals surface area contributed by atoms with Crippen LogP contribution in [0.4, 0.5) is 0 Å². The second-order valence-corrected chi connectivity index (χ2v) is 1.64. The van der Waals surface area contributed by atoms with Gasteiger partial charge in [-0.1, -0.05) is 0 Å². The summed E-state index contributed by atoms with van der Waals surface area (Å²) in [7, 11) is 0. The van der Waals surface area contributed by atoms with Gasteiger partial charge in [0.25, 0.3) is 0 Å². The van der Waals surface area contributed by atoms with Gasteiger partial charge in [0.2, 0.25) is 0 Å². The van der Waals surface area contributed by atoms with Crippen LogP contribution in [0.2, 0.25) is 0 Å². The van der Waals surface area contributed by atoms with E-state index in [4.69, 9.17) is 10.2 Å². The number of carboxylic acids is 2. The van der Waals surface area contributed by atoms with Gasteiger partial charge in [-0.15, -0.1) is 0 Å². The van der Waals surface area contributed by atoms with Gasteiger partial charge in [0.05, 0.1) is 0 Å². The molecule has 0 unspecified atom stereocenters. The summed E-state index contributed by atoms with van der Waals surface area (Å²) in [5, 5.41) is 16.1. The van der Waals surface area contributed by atoms with E-state index >= 15 is 0 Å². The molecule has 2 N–H and O–H groups in total. The van der Waals surface area contributed by atoms with Crippen LogP contribution in [0.5, 0.6) is 0 Å². The van der Waals surface area contributed by atoms with Crippen molar-refractivity contribution in [3.8, 4) is 0 Å². The molecule has 6 heteroatoms. The van der Waals surface area contributed by atoms with Crippen molar-refractivity contribution in [2.24, 2.45) is 0 Å². The summed E-state index contributed by atoms with van der Waals surface area (Å²) in [6.45, 7) is 0. The zero-order valence-corrected chi connectivity index (χ0v) is 13.1. The van der Waals surface area contributed by atoms with Crippen molar-refractivity contribution >= 4 is 115 Å². The Morgan fingerprint density at radius 1 is 0.909 bits per heavy atom. The predicted octanol–water partition coefficient (Wildman–Crippen LogP) is -0.436. The maximum atomic E-state index is 9.79. The second-order valence-electron chi connectivity index (χ2n) is 1.64. The molecule has 0 rings (SSSR count). The summed E-state index contributed by atoms with van der Waals surface area (Å²) >= 11 is 0. The molecule has 0 atom stereocenters. The molecular weight excluding hydrogens is 202 g/mol. The Kier molecular flexibility index (Phi) is 21.0. The standard InChI is InChI=1S/C5H8O4.2K/c6-4(7)2-1-3-5(8)9;;/h1-3H2,(H,6,7)(H,8,9);;. The van der Waals surface area contributed by atoms with Crippen LogP contribution in [-0.2, 0) is 9.59 Å². The molecule has 0 saturated carbocycles. The maximum Gasteiger partial charge on any atom is 0.303 e. The summed E-state index contributed by atoms with van der Waals surface area (Å²) < 4.78 is 0. The fourth-order valence-electron chi connectivity index (χ4n) is 0.391. The monoisotopic (exact) mass is 210 g/mol. The third kappa shape index (κ3) is 18.9. The summed E-state index contributed by atoms with van der Waals surface area (Å²) in [5.41, 5.74) is 0. The average molecular weight is 210 g/mol. The predicted molar refractivity (Wildman–Crippen MR) is 40.6 cm³/mol. The van der Waals surface area contributed by atoms with E-state index in [1.807, 2.05) is 0 Å². The molecular formula is C5H8K2O4. The van der Waals surface area contributed by atoms with E-state index in [-0.39, 0.29) is 122 Å². The van der Waals surface area contributed by atoms with Crippen LogP contribution in [-0.4, -0.2) is 125 Å². The van der Waals surface area contributed by atoms with Crippen LogP contribution >= 0.6 is 0 Å². The minimum Gasteiger partial charge on any atom is -0.481 e. The van der Waals surface area contributed by atoms with E-state index < -0.39 is 11.9 Å². The Balaban J connectivity index is -0.000000320. The van der Waals surface area contributed by atoms with Gasteiger partial charge in [-0.3, -0.25) is 9.59 Å². The van der Waals surface area contributed by atoms with Crippen LogP contribution in [0.1, 0.15) is 19.3 Å². The van der Waals surface area contributed by atoms with Crippen LogP contribution in [0.3, 0.4) is 0 Å². The fourth-order valence-corrected chi connectivity index (χ4v) is 0.391. The molecule has 0 aromatic carbocycles. The molecule has 0 heterocycles. The van der Waals surface area contributed by atoms with Crippen molar-refractivity contribution in [1.82, 2.24) is 0 Å².